The number of anilines is 4. The maximum absolute atomic E-state index is 14.7. The smallest absolute Gasteiger partial charge is 0.293 e. The molecule has 18 nitrogen and oxygen atoms in total. The summed E-state index contributed by atoms with van der Waals surface area (Å²) in [6.07, 6.45) is 8.92. The van der Waals surface area contributed by atoms with E-state index in [2.05, 4.69) is 59.9 Å². The Balaban J connectivity index is 0.864. The molecule has 6 aliphatic rings. The fraction of sp³-hybridized carbons (Fsp3) is 0.527. The van der Waals surface area contributed by atoms with Crippen LogP contribution in [-0.4, -0.2) is 133 Å². The number of nitrogens with zero attached hydrogens (tertiary/aromatic N) is 6. The number of carbonyl (C=O) groups excluding carboxylic acids is 1. The molecule has 4 aliphatic heterocycles. The number of piperidine rings is 1. The van der Waals surface area contributed by atoms with Crippen molar-refractivity contribution in [2.45, 2.75) is 119 Å². The van der Waals surface area contributed by atoms with Crippen molar-refractivity contribution in [1.82, 2.24) is 24.5 Å². The second-order valence-corrected chi connectivity index (χ2v) is 24.5. The average molecular weight is 1030 g/mol. The number of hydrogen-bond acceptors (Lipinski definition) is 15. The second-order valence-electron chi connectivity index (χ2n) is 22.8. The molecule has 3 aromatic carbocycles. The number of likely N-dealkylation sites (N-methyl/N-ethyl adjacent to an activating group) is 1. The van der Waals surface area contributed by atoms with Crippen molar-refractivity contribution in [3.63, 3.8) is 0 Å². The number of piperazine rings is 1. The lowest BCUT2D eigenvalue weighted by atomic mass is 9.59. The predicted molar refractivity (Wildman–Crippen MR) is 283 cm³/mol. The number of amides is 1. The van der Waals surface area contributed by atoms with Gasteiger partial charge in [0.05, 0.1) is 44.9 Å². The van der Waals surface area contributed by atoms with Crippen LogP contribution in [0.25, 0.3) is 11.0 Å². The van der Waals surface area contributed by atoms with E-state index in [9.17, 15) is 33.5 Å². The van der Waals surface area contributed by atoms with E-state index in [0.29, 0.717) is 68.0 Å². The molecule has 2 aliphatic carbocycles. The molecule has 1 amide bonds. The summed E-state index contributed by atoms with van der Waals surface area (Å²) in [7, 11) is -2.45. The Kier molecular flexibility index (Phi) is 13.2. The molecule has 0 bridgehead atoms. The maximum atomic E-state index is 14.7. The summed E-state index contributed by atoms with van der Waals surface area (Å²) in [6.45, 7) is 11.2. The summed E-state index contributed by atoms with van der Waals surface area (Å²) < 4.78 is 43.1. The Bertz CT molecular complexity index is 3040. The lowest BCUT2D eigenvalue weighted by Crippen LogP contribution is -2.59. The Morgan fingerprint density at radius 1 is 0.973 bits per heavy atom. The fourth-order valence-electron chi connectivity index (χ4n) is 12.8. The minimum atomic E-state index is -4.63. The number of aromatic amines is 1. The summed E-state index contributed by atoms with van der Waals surface area (Å²) in [5.74, 6) is -0.336. The number of carbonyl (C=O) groups is 1. The van der Waals surface area contributed by atoms with Gasteiger partial charge in [0.25, 0.3) is 21.6 Å². The van der Waals surface area contributed by atoms with Gasteiger partial charge in [-0.25, -0.2) is 13.1 Å². The lowest BCUT2D eigenvalue weighted by molar-refractivity contribution is -0.384. The third-order valence-electron chi connectivity index (χ3n) is 17.2. The first-order valence-corrected chi connectivity index (χ1v) is 27.8. The average Bonchev–Trinajstić information content (AvgIpc) is 3.83. The highest BCUT2D eigenvalue weighted by Crippen LogP contribution is 2.54. The van der Waals surface area contributed by atoms with Crippen molar-refractivity contribution in [2.75, 3.05) is 74.6 Å². The molecule has 19 heteroatoms. The Morgan fingerprint density at radius 3 is 2.50 bits per heavy atom. The zero-order chi connectivity index (χ0) is 51.7. The van der Waals surface area contributed by atoms with Crippen molar-refractivity contribution in [2.24, 2.45) is 11.3 Å². The maximum Gasteiger partial charge on any atom is 0.293 e. The number of aliphatic hydroxyl groups is 2. The predicted octanol–water partition coefficient (Wildman–Crippen LogP) is 7.60. The number of H-pyrrole nitrogens is 1. The van der Waals surface area contributed by atoms with Gasteiger partial charge in [0.15, 0.2) is 0 Å². The minimum Gasteiger partial charge on any atom is -0.468 e. The number of aromatic nitrogens is 2. The molecule has 6 heterocycles. The van der Waals surface area contributed by atoms with Crippen LogP contribution in [0.2, 0.25) is 0 Å². The first-order chi connectivity index (χ1) is 35.3. The number of pyridine rings is 1. The van der Waals surface area contributed by atoms with Gasteiger partial charge >= 0.3 is 0 Å². The van der Waals surface area contributed by atoms with Gasteiger partial charge < -0.3 is 44.7 Å². The van der Waals surface area contributed by atoms with E-state index in [1.165, 1.54) is 17.7 Å². The van der Waals surface area contributed by atoms with Crippen molar-refractivity contribution < 1.29 is 37.8 Å². The molecule has 3 atom stereocenters. The van der Waals surface area contributed by atoms with Gasteiger partial charge in [-0.3, -0.25) is 19.8 Å². The van der Waals surface area contributed by atoms with E-state index in [1.54, 1.807) is 12.3 Å². The summed E-state index contributed by atoms with van der Waals surface area (Å²) in [5, 5.41) is 38.0. The number of benzene rings is 3. The van der Waals surface area contributed by atoms with Crippen LogP contribution in [0.5, 0.6) is 5.88 Å². The molecular weight excluding hydrogens is 963 g/mol. The lowest BCUT2D eigenvalue weighted by Gasteiger charge is -2.58. The minimum absolute atomic E-state index is 0.104. The molecule has 2 saturated carbocycles. The zero-order valence-electron chi connectivity index (χ0n) is 42.8. The normalized spacial score (nSPS) is 25.7. The summed E-state index contributed by atoms with van der Waals surface area (Å²) in [6, 6.07) is 21.8. The van der Waals surface area contributed by atoms with E-state index >= 15 is 0 Å². The highest BCUT2D eigenvalue weighted by atomic mass is 32.2. The Hall–Kier alpha value is -5.83. The van der Waals surface area contributed by atoms with Gasteiger partial charge in [0.2, 0.25) is 5.88 Å². The van der Waals surface area contributed by atoms with Gasteiger partial charge in [0, 0.05) is 81.3 Å². The van der Waals surface area contributed by atoms with Crippen LogP contribution in [0.1, 0.15) is 106 Å². The second kappa shape index (κ2) is 19.4. The molecule has 0 unspecified atom stereocenters. The number of nitro benzene ring substituents is 1. The molecule has 1 spiro atoms. The Labute approximate surface area is 432 Å². The van der Waals surface area contributed by atoms with Crippen LogP contribution in [-0.2, 0) is 20.4 Å². The largest absolute Gasteiger partial charge is 0.468 e. The molecule has 394 valence electrons. The molecule has 74 heavy (non-hydrogen) atoms. The quantitative estimate of drug-likeness (QED) is 0.0601. The van der Waals surface area contributed by atoms with Crippen molar-refractivity contribution in [3.05, 3.63) is 106 Å². The van der Waals surface area contributed by atoms with Crippen LogP contribution < -0.4 is 24.6 Å². The van der Waals surface area contributed by atoms with E-state index in [0.717, 1.165) is 94.0 Å². The zero-order valence-corrected chi connectivity index (χ0v) is 43.6. The van der Waals surface area contributed by atoms with E-state index in [1.807, 2.05) is 51.1 Å². The van der Waals surface area contributed by atoms with Crippen molar-refractivity contribution >= 4 is 55.4 Å². The number of rotatable bonds is 12. The van der Waals surface area contributed by atoms with E-state index in [4.69, 9.17) is 14.5 Å². The van der Waals surface area contributed by atoms with Crippen LogP contribution in [0, 0.1) is 21.4 Å². The standard InChI is InChI=1S/C55H69N9O9S/c1-53(2,66)42-8-6-5-7-40(42)48-33-60(4)24-25-62(48)38-30-55(31-38)19-22-61(23-20-55)37-9-11-41(45(28-37)63-44-16-26-72-34-49(44)73-52-47(63)27-36-15-21-56-50(36)58-52)51(65)59-74(70,71)39-10-12-43(46(29-39)64(68)69)57-32-35-13-17-54(3,67)18-14-35/h5-12,15,21,27-29,35,38,44,48-49,57,66-67H,13-14,16-20,22-26,30-34H2,1-4H3,(H,56,58)(H,59,65)/t35?,44-,48+,49-,54?/m0/s1. The third-order valence-corrected chi connectivity index (χ3v) is 18.5. The number of ether oxygens (including phenoxy) is 2. The van der Waals surface area contributed by atoms with Crippen LogP contribution in [0.15, 0.2) is 83.9 Å². The number of nitro groups is 1. The molecule has 0 radical (unpaired) electrons. The number of sulfonamides is 1. The molecule has 5 aromatic rings. The van der Waals surface area contributed by atoms with E-state index in [-0.39, 0.29) is 34.7 Å². The SMILES string of the molecule is CN1CCN(C2CC3(CCN(c4ccc(C(=O)NS(=O)(=O)c5ccc(NCC6CCC(C)(O)CC6)c([N+](=O)[O-])c5)c(N5c6cc7cc[nH]c7nc6O[C@H]6COCC[C@@H]65)c4)CC3)C2)[C@@H](c2ccccc2C(C)(C)O)C1. The van der Waals surface area contributed by atoms with Crippen molar-refractivity contribution in [3.8, 4) is 5.88 Å². The van der Waals surface area contributed by atoms with Crippen LogP contribution in [0.3, 0.4) is 0 Å². The van der Waals surface area contributed by atoms with Gasteiger partial charge in [-0.2, -0.15) is 4.98 Å². The monoisotopic (exact) mass is 1030 g/mol. The molecule has 5 N–H and O–H groups in total. The first kappa shape index (κ1) is 50.3. The van der Waals surface area contributed by atoms with Gasteiger partial charge in [-0.15, -0.1) is 0 Å². The third kappa shape index (κ3) is 9.82. The van der Waals surface area contributed by atoms with E-state index < -0.39 is 48.7 Å². The van der Waals surface area contributed by atoms with Crippen LogP contribution in [0.4, 0.5) is 28.4 Å². The van der Waals surface area contributed by atoms with Gasteiger partial charge in [-0.05, 0) is 151 Å². The number of nitrogens with one attached hydrogen (secondary N) is 3. The van der Waals surface area contributed by atoms with Gasteiger partial charge in [-0.1, -0.05) is 24.3 Å². The van der Waals surface area contributed by atoms with Crippen molar-refractivity contribution in [1.29, 1.82) is 0 Å². The van der Waals surface area contributed by atoms with Gasteiger partial charge in [0.1, 0.15) is 23.1 Å². The molecule has 11 rings (SSSR count). The highest BCUT2D eigenvalue weighted by Gasteiger charge is 2.50. The fourth-order valence-corrected chi connectivity index (χ4v) is 13.8. The topological polar surface area (TPSA) is 219 Å². The summed E-state index contributed by atoms with van der Waals surface area (Å²) in [4.78, 5) is 43.6. The molecule has 3 saturated heterocycles. The first-order valence-electron chi connectivity index (χ1n) is 26.3. The Morgan fingerprint density at radius 2 is 1.74 bits per heavy atom. The number of hydrogen-bond donors (Lipinski definition) is 5. The van der Waals surface area contributed by atoms with Crippen LogP contribution >= 0.6 is 0 Å². The highest BCUT2D eigenvalue weighted by molar-refractivity contribution is 7.90. The summed E-state index contributed by atoms with van der Waals surface area (Å²) in [5.41, 5.74) is 3.22. The molecule has 5 fully saturated rings. The molecular formula is C55H69N9O9S. The molecule has 2 aromatic heterocycles. The summed E-state index contributed by atoms with van der Waals surface area (Å²) >= 11 is 0. The number of fused-ring (bicyclic) bond motifs is 3.